The number of primary amides is 1. The summed E-state index contributed by atoms with van der Waals surface area (Å²) in [4.78, 5) is 12.5. The number of carbonyl (C=O) groups excluding carboxylic acids is 1. The molecular weight excluding hydrogens is 178 g/mol. The van der Waals surface area contributed by atoms with Gasteiger partial charge in [-0.1, -0.05) is 12.1 Å². The molecule has 0 aromatic heterocycles. The molecule has 1 rings (SSSR count). The van der Waals surface area contributed by atoms with E-state index in [4.69, 9.17) is 11.5 Å². The molecule has 0 aliphatic carbocycles. The van der Waals surface area contributed by atoms with E-state index < -0.39 is 6.03 Å². The topological polar surface area (TPSA) is 72.3 Å². The van der Waals surface area contributed by atoms with Crippen molar-refractivity contribution in [2.75, 3.05) is 12.3 Å². The minimum absolute atomic E-state index is 0.399. The van der Waals surface area contributed by atoms with Crippen LogP contribution < -0.4 is 11.5 Å². The van der Waals surface area contributed by atoms with Crippen LogP contribution in [-0.4, -0.2) is 17.5 Å². The molecular formula is C10H15N3O. The number of hydrogen-bond acceptors (Lipinski definition) is 2. The van der Waals surface area contributed by atoms with Crippen LogP contribution in [0.2, 0.25) is 0 Å². The molecule has 0 fully saturated rings. The van der Waals surface area contributed by atoms with Crippen molar-refractivity contribution >= 4 is 11.7 Å². The molecule has 0 bridgehead atoms. The Balaban J connectivity index is 2.67. The molecule has 76 valence electrons. The predicted octanol–water partition coefficient (Wildman–Crippen LogP) is 1.17. The maximum atomic E-state index is 10.9. The SMILES string of the molecule is CCN(Cc1ccc(N)cc1)C(N)=O. The number of anilines is 1. The maximum Gasteiger partial charge on any atom is 0.315 e. The highest BCUT2D eigenvalue weighted by molar-refractivity contribution is 5.71. The molecule has 0 radical (unpaired) electrons. The van der Waals surface area contributed by atoms with Gasteiger partial charge in [-0.15, -0.1) is 0 Å². The fourth-order valence-corrected chi connectivity index (χ4v) is 1.19. The number of benzene rings is 1. The Morgan fingerprint density at radius 3 is 2.36 bits per heavy atom. The summed E-state index contributed by atoms with van der Waals surface area (Å²) in [5.74, 6) is 0. The van der Waals surface area contributed by atoms with Crippen molar-refractivity contribution in [1.82, 2.24) is 4.90 Å². The fourth-order valence-electron chi connectivity index (χ4n) is 1.19. The number of rotatable bonds is 3. The number of amides is 2. The van der Waals surface area contributed by atoms with Gasteiger partial charge in [0.25, 0.3) is 0 Å². The minimum Gasteiger partial charge on any atom is -0.399 e. The molecule has 0 saturated carbocycles. The summed E-state index contributed by atoms with van der Waals surface area (Å²) >= 11 is 0. The number of urea groups is 1. The highest BCUT2D eigenvalue weighted by Crippen LogP contribution is 2.08. The van der Waals surface area contributed by atoms with Crippen LogP contribution in [0.3, 0.4) is 0 Å². The maximum absolute atomic E-state index is 10.9. The number of nitrogens with zero attached hydrogens (tertiary/aromatic N) is 1. The van der Waals surface area contributed by atoms with Gasteiger partial charge in [-0.05, 0) is 24.6 Å². The largest absolute Gasteiger partial charge is 0.399 e. The molecule has 0 saturated heterocycles. The first kappa shape index (κ1) is 10.4. The Kier molecular flexibility index (Phi) is 3.34. The van der Waals surface area contributed by atoms with E-state index in [-0.39, 0.29) is 0 Å². The van der Waals surface area contributed by atoms with Gasteiger partial charge in [0, 0.05) is 18.8 Å². The lowest BCUT2D eigenvalue weighted by Gasteiger charge is -2.17. The standard InChI is InChI=1S/C10H15N3O/c1-2-13(10(12)14)7-8-3-5-9(11)6-4-8/h3-6H,2,7,11H2,1H3,(H2,12,14). The van der Waals surface area contributed by atoms with Gasteiger partial charge in [-0.25, -0.2) is 4.79 Å². The van der Waals surface area contributed by atoms with Gasteiger partial charge in [0.15, 0.2) is 0 Å². The van der Waals surface area contributed by atoms with Crippen LogP contribution in [-0.2, 0) is 6.54 Å². The minimum atomic E-state index is -0.399. The predicted molar refractivity (Wildman–Crippen MR) is 56.5 cm³/mol. The van der Waals surface area contributed by atoms with Crippen molar-refractivity contribution < 1.29 is 4.79 Å². The summed E-state index contributed by atoms with van der Waals surface area (Å²) in [6.45, 7) is 3.04. The van der Waals surface area contributed by atoms with E-state index in [2.05, 4.69) is 0 Å². The van der Waals surface area contributed by atoms with E-state index in [1.807, 2.05) is 31.2 Å². The van der Waals surface area contributed by atoms with Crippen LogP contribution in [0.4, 0.5) is 10.5 Å². The summed E-state index contributed by atoms with van der Waals surface area (Å²) in [6.07, 6.45) is 0. The summed E-state index contributed by atoms with van der Waals surface area (Å²) in [7, 11) is 0. The smallest absolute Gasteiger partial charge is 0.315 e. The number of hydrogen-bond donors (Lipinski definition) is 2. The van der Waals surface area contributed by atoms with E-state index >= 15 is 0 Å². The van der Waals surface area contributed by atoms with Gasteiger partial charge in [-0.3, -0.25) is 0 Å². The highest BCUT2D eigenvalue weighted by atomic mass is 16.2. The quantitative estimate of drug-likeness (QED) is 0.707. The first-order chi connectivity index (χ1) is 6.63. The third-order valence-electron chi connectivity index (χ3n) is 2.05. The number of nitrogen functional groups attached to an aromatic ring is 1. The summed E-state index contributed by atoms with van der Waals surface area (Å²) in [6, 6.07) is 7.00. The van der Waals surface area contributed by atoms with Crippen molar-refractivity contribution in [3.05, 3.63) is 29.8 Å². The third kappa shape index (κ3) is 2.65. The van der Waals surface area contributed by atoms with E-state index in [0.29, 0.717) is 13.1 Å². The van der Waals surface area contributed by atoms with Crippen LogP contribution in [0.1, 0.15) is 12.5 Å². The van der Waals surface area contributed by atoms with Gasteiger partial charge in [0.05, 0.1) is 0 Å². The first-order valence-corrected chi connectivity index (χ1v) is 4.52. The van der Waals surface area contributed by atoms with E-state index in [9.17, 15) is 4.79 Å². The van der Waals surface area contributed by atoms with Crippen LogP contribution in [0.15, 0.2) is 24.3 Å². The molecule has 14 heavy (non-hydrogen) atoms. The first-order valence-electron chi connectivity index (χ1n) is 4.52. The van der Waals surface area contributed by atoms with Gasteiger partial charge in [0.1, 0.15) is 0 Å². The van der Waals surface area contributed by atoms with E-state index in [0.717, 1.165) is 11.3 Å². The molecule has 4 nitrogen and oxygen atoms in total. The molecule has 0 atom stereocenters. The number of nitrogens with two attached hydrogens (primary N) is 2. The van der Waals surface area contributed by atoms with Crippen molar-refractivity contribution in [3.8, 4) is 0 Å². The zero-order valence-corrected chi connectivity index (χ0v) is 8.23. The zero-order valence-electron chi connectivity index (χ0n) is 8.23. The highest BCUT2D eigenvalue weighted by Gasteiger charge is 2.06. The van der Waals surface area contributed by atoms with Crippen LogP contribution in [0.25, 0.3) is 0 Å². The molecule has 2 amide bonds. The normalized spacial score (nSPS) is 9.79. The molecule has 4 N–H and O–H groups in total. The second kappa shape index (κ2) is 4.50. The van der Waals surface area contributed by atoms with Gasteiger partial charge >= 0.3 is 6.03 Å². The van der Waals surface area contributed by atoms with E-state index in [1.54, 1.807) is 4.90 Å². The van der Waals surface area contributed by atoms with Crippen LogP contribution in [0.5, 0.6) is 0 Å². The Bertz CT molecular complexity index is 308. The van der Waals surface area contributed by atoms with Crippen LogP contribution in [0, 0.1) is 0 Å². The summed E-state index contributed by atoms with van der Waals surface area (Å²) in [5.41, 5.74) is 12.5. The lowest BCUT2D eigenvalue weighted by molar-refractivity contribution is 0.208. The Hall–Kier alpha value is -1.71. The molecule has 0 unspecified atom stereocenters. The second-order valence-electron chi connectivity index (χ2n) is 3.09. The molecule has 0 aliphatic rings. The lowest BCUT2D eigenvalue weighted by atomic mass is 10.2. The zero-order chi connectivity index (χ0) is 10.6. The van der Waals surface area contributed by atoms with E-state index in [1.165, 1.54) is 0 Å². The fraction of sp³-hybridized carbons (Fsp3) is 0.300. The monoisotopic (exact) mass is 193 g/mol. The van der Waals surface area contributed by atoms with Gasteiger partial charge < -0.3 is 16.4 Å². The van der Waals surface area contributed by atoms with Crippen LogP contribution >= 0.6 is 0 Å². The Morgan fingerprint density at radius 1 is 1.36 bits per heavy atom. The van der Waals surface area contributed by atoms with Crippen molar-refractivity contribution in [1.29, 1.82) is 0 Å². The molecule has 0 heterocycles. The van der Waals surface area contributed by atoms with Gasteiger partial charge in [-0.2, -0.15) is 0 Å². The van der Waals surface area contributed by atoms with Crippen molar-refractivity contribution in [2.45, 2.75) is 13.5 Å². The molecule has 1 aromatic rings. The van der Waals surface area contributed by atoms with Crippen molar-refractivity contribution in [2.24, 2.45) is 5.73 Å². The Labute approximate surface area is 83.5 Å². The molecule has 0 aliphatic heterocycles. The third-order valence-corrected chi connectivity index (χ3v) is 2.05. The lowest BCUT2D eigenvalue weighted by Crippen LogP contribution is -2.34. The second-order valence-corrected chi connectivity index (χ2v) is 3.09. The average molecular weight is 193 g/mol. The Morgan fingerprint density at radius 2 is 1.93 bits per heavy atom. The summed E-state index contributed by atoms with van der Waals surface area (Å²) in [5, 5.41) is 0. The van der Waals surface area contributed by atoms with Crippen molar-refractivity contribution in [3.63, 3.8) is 0 Å². The van der Waals surface area contributed by atoms with Gasteiger partial charge in [0.2, 0.25) is 0 Å². The molecule has 0 spiro atoms. The average Bonchev–Trinajstić information content (AvgIpc) is 2.16. The summed E-state index contributed by atoms with van der Waals surface area (Å²) < 4.78 is 0. The molecule has 4 heteroatoms. The molecule has 1 aromatic carbocycles. The number of carbonyl (C=O) groups is 1.